The summed E-state index contributed by atoms with van der Waals surface area (Å²) < 4.78 is 13.4. The number of hydrogen-bond donors (Lipinski definition) is 2. The van der Waals surface area contributed by atoms with E-state index in [1.54, 1.807) is 6.07 Å². The third kappa shape index (κ3) is 3.34. The van der Waals surface area contributed by atoms with Crippen molar-refractivity contribution in [1.29, 1.82) is 0 Å². The molecule has 1 aromatic carbocycles. The Labute approximate surface area is 91.3 Å². The number of carboxylic acid groups (broad SMARTS) is 2. The van der Waals surface area contributed by atoms with Crippen molar-refractivity contribution in [3.8, 4) is 0 Å². The average molecular weight is 226 g/mol. The second kappa shape index (κ2) is 5.25. The molecule has 1 rings (SSSR count). The summed E-state index contributed by atoms with van der Waals surface area (Å²) in [5.41, 5.74) is 0.132. The first-order valence-electron chi connectivity index (χ1n) is 4.68. The third-order valence-corrected chi connectivity index (χ3v) is 2.19. The van der Waals surface area contributed by atoms with E-state index in [0.717, 1.165) is 0 Å². The van der Waals surface area contributed by atoms with Gasteiger partial charge < -0.3 is 10.2 Å². The fourth-order valence-electron chi connectivity index (χ4n) is 1.52. The largest absolute Gasteiger partial charge is 0.481 e. The van der Waals surface area contributed by atoms with Gasteiger partial charge in [-0.25, -0.2) is 4.39 Å². The molecule has 1 aromatic rings. The Morgan fingerprint density at radius 2 is 1.62 bits per heavy atom. The molecule has 0 aromatic heterocycles. The monoisotopic (exact) mass is 226 g/mol. The van der Waals surface area contributed by atoms with Crippen LogP contribution in [0, 0.1) is 5.82 Å². The second-order valence-corrected chi connectivity index (χ2v) is 3.41. The normalized spacial score (nSPS) is 10.4. The summed E-state index contributed by atoms with van der Waals surface area (Å²) >= 11 is 0. The molecule has 0 aliphatic carbocycles. The molecule has 0 fully saturated rings. The molecule has 0 aliphatic rings. The van der Waals surface area contributed by atoms with Crippen LogP contribution in [0.15, 0.2) is 24.3 Å². The van der Waals surface area contributed by atoms with Crippen LogP contribution in [0.3, 0.4) is 0 Å². The van der Waals surface area contributed by atoms with Crippen LogP contribution in [0.4, 0.5) is 4.39 Å². The molecule has 0 radical (unpaired) electrons. The summed E-state index contributed by atoms with van der Waals surface area (Å²) in [5.74, 6) is -3.70. The Kier molecular flexibility index (Phi) is 3.99. The molecule has 0 unspecified atom stereocenters. The van der Waals surface area contributed by atoms with Crippen LogP contribution < -0.4 is 0 Å². The first-order valence-corrected chi connectivity index (χ1v) is 4.68. The molecule has 0 saturated carbocycles. The van der Waals surface area contributed by atoms with E-state index in [1.165, 1.54) is 18.2 Å². The maximum absolute atomic E-state index is 13.4. The van der Waals surface area contributed by atoms with Crippen molar-refractivity contribution < 1.29 is 24.2 Å². The van der Waals surface area contributed by atoms with Gasteiger partial charge in [-0.2, -0.15) is 0 Å². The molecule has 0 heterocycles. The van der Waals surface area contributed by atoms with Crippen LogP contribution in [0.25, 0.3) is 0 Å². The summed E-state index contributed by atoms with van der Waals surface area (Å²) in [6.07, 6.45) is -0.791. The van der Waals surface area contributed by atoms with E-state index in [2.05, 4.69) is 0 Å². The van der Waals surface area contributed by atoms with Crippen molar-refractivity contribution in [2.45, 2.75) is 18.8 Å². The lowest BCUT2D eigenvalue weighted by atomic mass is 9.92. The van der Waals surface area contributed by atoms with Crippen molar-refractivity contribution >= 4 is 11.9 Å². The highest BCUT2D eigenvalue weighted by Crippen LogP contribution is 2.25. The lowest BCUT2D eigenvalue weighted by molar-refractivity contribution is -0.139. The molecular formula is C11H11FO4. The van der Waals surface area contributed by atoms with Gasteiger partial charge in [0.1, 0.15) is 5.82 Å². The van der Waals surface area contributed by atoms with Gasteiger partial charge in [0, 0.05) is 5.92 Å². The van der Waals surface area contributed by atoms with Gasteiger partial charge in [-0.15, -0.1) is 0 Å². The van der Waals surface area contributed by atoms with E-state index in [0.29, 0.717) is 0 Å². The number of carbonyl (C=O) groups is 2. The first kappa shape index (κ1) is 12.2. The van der Waals surface area contributed by atoms with Crippen molar-refractivity contribution in [2.24, 2.45) is 0 Å². The number of hydrogen-bond acceptors (Lipinski definition) is 2. The summed E-state index contributed by atoms with van der Waals surface area (Å²) in [4.78, 5) is 21.1. The average Bonchev–Trinajstić information content (AvgIpc) is 2.15. The van der Waals surface area contributed by atoms with E-state index in [1.807, 2.05) is 0 Å². The quantitative estimate of drug-likeness (QED) is 0.803. The zero-order valence-corrected chi connectivity index (χ0v) is 8.39. The van der Waals surface area contributed by atoms with Gasteiger partial charge in [0.25, 0.3) is 0 Å². The SMILES string of the molecule is O=C(O)CC(CC(=O)O)c1ccccc1F. The summed E-state index contributed by atoms with van der Waals surface area (Å²) in [6, 6.07) is 5.62. The van der Waals surface area contributed by atoms with Gasteiger partial charge in [0.15, 0.2) is 0 Å². The summed E-state index contributed by atoms with van der Waals surface area (Å²) in [6.45, 7) is 0. The minimum atomic E-state index is -1.14. The van der Waals surface area contributed by atoms with Gasteiger partial charge in [-0.05, 0) is 11.6 Å². The smallest absolute Gasteiger partial charge is 0.303 e. The van der Waals surface area contributed by atoms with Crippen molar-refractivity contribution in [3.63, 3.8) is 0 Å². The highest BCUT2D eigenvalue weighted by molar-refractivity contribution is 5.72. The maximum Gasteiger partial charge on any atom is 0.303 e. The Morgan fingerprint density at radius 3 is 2.06 bits per heavy atom. The van der Waals surface area contributed by atoms with E-state index in [9.17, 15) is 14.0 Å². The zero-order chi connectivity index (χ0) is 12.1. The summed E-state index contributed by atoms with van der Waals surface area (Å²) in [5, 5.41) is 17.3. The molecule has 0 spiro atoms. The Hall–Kier alpha value is -1.91. The van der Waals surface area contributed by atoms with E-state index < -0.39 is 36.5 Å². The standard InChI is InChI=1S/C11H11FO4/c12-9-4-2-1-3-8(9)7(5-10(13)14)6-11(15)16/h1-4,7H,5-6H2,(H,13,14)(H,15,16). The maximum atomic E-state index is 13.4. The number of halogens is 1. The minimum Gasteiger partial charge on any atom is -0.481 e. The molecule has 0 saturated heterocycles. The lowest BCUT2D eigenvalue weighted by Gasteiger charge is -2.13. The first-order chi connectivity index (χ1) is 7.50. The van der Waals surface area contributed by atoms with Gasteiger partial charge in [0.2, 0.25) is 0 Å². The Balaban J connectivity index is 2.96. The van der Waals surface area contributed by atoms with Gasteiger partial charge >= 0.3 is 11.9 Å². The van der Waals surface area contributed by atoms with Crippen molar-refractivity contribution in [2.75, 3.05) is 0 Å². The third-order valence-electron chi connectivity index (χ3n) is 2.19. The van der Waals surface area contributed by atoms with Crippen LogP contribution in [0.2, 0.25) is 0 Å². The highest BCUT2D eigenvalue weighted by atomic mass is 19.1. The predicted molar refractivity (Wildman–Crippen MR) is 53.6 cm³/mol. The van der Waals surface area contributed by atoms with E-state index in [-0.39, 0.29) is 5.56 Å². The molecule has 0 aliphatic heterocycles. The molecule has 0 bridgehead atoms. The van der Waals surface area contributed by atoms with Gasteiger partial charge in [-0.3, -0.25) is 9.59 Å². The topological polar surface area (TPSA) is 74.6 Å². The van der Waals surface area contributed by atoms with Crippen LogP contribution in [0.5, 0.6) is 0 Å². The highest BCUT2D eigenvalue weighted by Gasteiger charge is 2.21. The fourth-order valence-corrected chi connectivity index (χ4v) is 1.52. The minimum absolute atomic E-state index is 0.132. The number of aliphatic carboxylic acids is 2. The van der Waals surface area contributed by atoms with Crippen LogP contribution in [-0.4, -0.2) is 22.2 Å². The fraction of sp³-hybridized carbons (Fsp3) is 0.273. The molecule has 2 N–H and O–H groups in total. The van der Waals surface area contributed by atoms with Crippen LogP contribution in [-0.2, 0) is 9.59 Å². The molecule has 86 valence electrons. The number of carboxylic acids is 2. The molecule has 4 nitrogen and oxygen atoms in total. The second-order valence-electron chi connectivity index (χ2n) is 3.41. The van der Waals surface area contributed by atoms with Crippen LogP contribution >= 0.6 is 0 Å². The zero-order valence-electron chi connectivity index (χ0n) is 8.39. The Bertz CT molecular complexity index is 387. The predicted octanol–water partition coefficient (Wildman–Crippen LogP) is 1.86. The van der Waals surface area contributed by atoms with E-state index in [4.69, 9.17) is 10.2 Å². The number of rotatable bonds is 5. The summed E-state index contributed by atoms with van der Waals surface area (Å²) in [7, 11) is 0. The number of benzene rings is 1. The van der Waals surface area contributed by atoms with Crippen LogP contribution in [0.1, 0.15) is 24.3 Å². The van der Waals surface area contributed by atoms with Crippen molar-refractivity contribution in [3.05, 3.63) is 35.6 Å². The lowest BCUT2D eigenvalue weighted by Crippen LogP contribution is -2.12. The Morgan fingerprint density at radius 1 is 1.12 bits per heavy atom. The molecule has 0 amide bonds. The molecule has 0 atom stereocenters. The van der Waals surface area contributed by atoms with E-state index >= 15 is 0 Å². The molecular weight excluding hydrogens is 215 g/mol. The molecule has 5 heteroatoms. The molecule has 16 heavy (non-hydrogen) atoms. The van der Waals surface area contributed by atoms with Crippen molar-refractivity contribution in [1.82, 2.24) is 0 Å². The van der Waals surface area contributed by atoms with Gasteiger partial charge in [0.05, 0.1) is 12.8 Å². The van der Waals surface area contributed by atoms with Gasteiger partial charge in [-0.1, -0.05) is 18.2 Å².